The van der Waals surface area contributed by atoms with E-state index in [1.807, 2.05) is 35.8 Å². The molecule has 3 aromatic rings. The fraction of sp³-hybridized carbons (Fsp3) is 0.536. The summed E-state index contributed by atoms with van der Waals surface area (Å²) in [4.78, 5) is 25.1. The molecular weight excluding hydrogens is 595 g/mol. The van der Waals surface area contributed by atoms with Crippen molar-refractivity contribution in [3.63, 3.8) is 0 Å². The third-order valence-corrected chi connectivity index (χ3v) is 11.2. The Morgan fingerprint density at radius 3 is 2.60 bits per heavy atom. The predicted octanol–water partition coefficient (Wildman–Crippen LogP) is 3.88. The van der Waals surface area contributed by atoms with Gasteiger partial charge in [-0.1, -0.05) is 6.07 Å². The van der Waals surface area contributed by atoms with Gasteiger partial charge in [-0.05, 0) is 34.0 Å². The van der Waals surface area contributed by atoms with Gasteiger partial charge in [0, 0.05) is 60.6 Å². The average Bonchev–Trinajstić information content (AvgIpc) is 3.18. The van der Waals surface area contributed by atoms with Gasteiger partial charge < -0.3 is 30.9 Å². The number of hydrogen-bond donors (Lipinski definition) is 2. The van der Waals surface area contributed by atoms with Crippen molar-refractivity contribution in [2.45, 2.75) is 42.7 Å². The zero-order valence-corrected chi connectivity index (χ0v) is 26.1. The third-order valence-electron chi connectivity index (χ3n) is 8.52. The Bertz CT molecular complexity index is 1590. The molecule has 1 unspecified atom stereocenters. The lowest BCUT2D eigenvalue weighted by atomic mass is 9.88. The minimum Gasteiger partial charge on any atom is -0.462 e. The summed E-state index contributed by atoms with van der Waals surface area (Å²) in [7, 11) is 3.54. The first-order chi connectivity index (χ1) is 20.4. The second-order valence-electron chi connectivity index (χ2n) is 11.7. The Morgan fingerprint density at radius 2 is 1.98 bits per heavy atom. The number of nitrogens with zero attached hydrogens (tertiary/aromatic N) is 8. The van der Waals surface area contributed by atoms with Gasteiger partial charge >= 0.3 is 6.01 Å². The Labute approximate surface area is 257 Å². The molecule has 0 amide bonds. The molecule has 1 saturated heterocycles. The Hall–Kier alpha value is -3.48. The highest BCUT2D eigenvalue weighted by Crippen LogP contribution is 2.61. The van der Waals surface area contributed by atoms with E-state index in [4.69, 9.17) is 21.2 Å². The van der Waals surface area contributed by atoms with Gasteiger partial charge in [0.05, 0.1) is 21.8 Å². The second kappa shape index (κ2) is 10.6. The number of nitrogens with two attached hydrogens (primary N) is 2. The third kappa shape index (κ3) is 4.98. The van der Waals surface area contributed by atoms with Gasteiger partial charge in [0.2, 0.25) is 11.9 Å². The van der Waals surface area contributed by atoms with Crippen LogP contribution >= 0.6 is 23.1 Å². The number of alkyl halides is 2. The summed E-state index contributed by atoms with van der Waals surface area (Å²) >= 11 is 3.27. The van der Waals surface area contributed by atoms with Crippen LogP contribution in [0.2, 0.25) is 0 Å². The van der Waals surface area contributed by atoms with Gasteiger partial charge in [-0.2, -0.15) is 20.2 Å². The average molecular weight is 629 g/mol. The van der Waals surface area contributed by atoms with Crippen LogP contribution in [0.5, 0.6) is 6.01 Å². The first-order valence-corrected chi connectivity index (χ1v) is 15.8. The summed E-state index contributed by atoms with van der Waals surface area (Å²) in [5.74, 6) is -0.884. The molecule has 1 spiro atoms. The maximum Gasteiger partial charge on any atom is 0.323 e. The fourth-order valence-corrected chi connectivity index (χ4v) is 9.01. The highest BCUT2D eigenvalue weighted by molar-refractivity contribution is 8.00. The molecule has 0 aromatic carbocycles. The van der Waals surface area contributed by atoms with Gasteiger partial charge in [-0.15, -0.1) is 23.1 Å². The highest BCUT2D eigenvalue weighted by Gasteiger charge is 2.71. The predicted molar refractivity (Wildman–Crippen MR) is 165 cm³/mol. The van der Waals surface area contributed by atoms with E-state index in [2.05, 4.69) is 21.0 Å². The molecule has 1 aliphatic carbocycles. The van der Waals surface area contributed by atoms with E-state index in [0.29, 0.717) is 47.9 Å². The number of rotatable bonds is 10. The lowest BCUT2D eigenvalue weighted by molar-refractivity contribution is 0.0287. The Balaban J connectivity index is 1.32. The summed E-state index contributed by atoms with van der Waals surface area (Å²) in [5, 5.41) is 10.3. The number of thiophene rings is 1. The van der Waals surface area contributed by atoms with Crippen LogP contribution in [0.1, 0.15) is 47.9 Å². The first-order valence-electron chi connectivity index (χ1n) is 14.0. The number of halogens is 2. The largest absolute Gasteiger partial charge is 0.462 e. The van der Waals surface area contributed by atoms with Crippen molar-refractivity contribution < 1.29 is 13.5 Å². The van der Waals surface area contributed by atoms with Gasteiger partial charge in [0.15, 0.2) is 0 Å². The summed E-state index contributed by atoms with van der Waals surface area (Å²) < 4.78 is 34.7. The maximum atomic E-state index is 14.5. The molecule has 228 valence electrons. The van der Waals surface area contributed by atoms with Crippen LogP contribution in [0, 0.1) is 16.7 Å². The van der Waals surface area contributed by atoms with Crippen LogP contribution in [0.25, 0.3) is 0 Å². The van der Waals surface area contributed by atoms with Crippen molar-refractivity contribution in [2.75, 3.05) is 68.1 Å². The van der Waals surface area contributed by atoms with E-state index in [9.17, 15) is 14.0 Å². The number of thioether (sulfide) groups is 1. The molecule has 1 saturated carbocycles. The molecule has 0 bridgehead atoms. The molecule has 43 heavy (non-hydrogen) atoms. The molecule has 2 atom stereocenters. The van der Waals surface area contributed by atoms with Gasteiger partial charge in [0.1, 0.15) is 23.5 Å². The monoisotopic (exact) mass is 628 g/mol. The van der Waals surface area contributed by atoms with Crippen LogP contribution in [-0.2, 0) is 10.5 Å². The molecule has 0 radical (unpaired) electrons. The number of nitriles is 1. The van der Waals surface area contributed by atoms with Crippen LogP contribution < -0.4 is 26.0 Å². The minimum absolute atomic E-state index is 0.0103. The Morgan fingerprint density at radius 1 is 1.23 bits per heavy atom. The molecule has 4 N–H and O–H groups in total. The summed E-state index contributed by atoms with van der Waals surface area (Å²) in [6.07, 6.45) is 1.39. The number of aromatic nitrogens is 4. The number of pyridine rings is 1. The topological polar surface area (TPSA) is 146 Å². The molecule has 3 aromatic heterocycles. The standard InChI is InChI=1S/C28H34F2N10OS2/c1-5-40(16(2)17-7-6-8-34-21(17)32)24-35-23(36-25(37-24)41-15-26(12-38(3)4)11-28(26,29)30)39-13-27(14-39)20-18(9-31)22(33)43-19(20)10-42-27/h6-8,16H,5,10-15,33H2,1-4H3,(H2,32,34)/t16-,26?/m1/s1. The van der Waals surface area contributed by atoms with E-state index >= 15 is 0 Å². The molecule has 6 rings (SSSR count). The quantitative estimate of drug-likeness (QED) is 0.336. The SMILES string of the molecule is CCN(c1nc(OCC2(CN(C)C)CC2(F)F)nc(N2CC3(C2)SCc2sc(N)c(C#N)c23)n1)[C@H](C)c1cccnc1N. The van der Waals surface area contributed by atoms with Crippen LogP contribution in [-0.4, -0.2) is 77.6 Å². The van der Waals surface area contributed by atoms with Crippen molar-refractivity contribution in [1.29, 1.82) is 5.26 Å². The van der Waals surface area contributed by atoms with Crippen LogP contribution in [0.4, 0.5) is 31.5 Å². The lowest BCUT2D eigenvalue weighted by Gasteiger charge is -2.47. The van der Waals surface area contributed by atoms with Crippen molar-refractivity contribution in [3.05, 3.63) is 39.9 Å². The van der Waals surface area contributed by atoms with Gasteiger partial charge in [0.25, 0.3) is 5.92 Å². The van der Waals surface area contributed by atoms with E-state index < -0.39 is 11.3 Å². The maximum absolute atomic E-state index is 14.5. The molecule has 11 nitrogen and oxygen atoms in total. The fourth-order valence-electron chi connectivity index (χ4n) is 6.20. The smallest absolute Gasteiger partial charge is 0.323 e. The number of anilines is 4. The van der Waals surface area contributed by atoms with Crippen molar-refractivity contribution in [1.82, 2.24) is 24.8 Å². The molecule has 2 aliphatic heterocycles. The zero-order valence-electron chi connectivity index (χ0n) is 24.5. The molecular formula is C28H34F2N10OS2. The zero-order chi connectivity index (χ0) is 30.7. The highest BCUT2D eigenvalue weighted by atomic mass is 32.2. The second-order valence-corrected chi connectivity index (χ2v) is 14.2. The number of hydrogen-bond acceptors (Lipinski definition) is 13. The number of ether oxygens (including phenoxy) is 1. The van der Waals surface area contributed by atoms with Gasteiger partial charge in [-0.3, -0.25) is 0 Å². The normalized spacial score (nSPS) is 21.8. The number of nitrogen functional groups attached to an aromatic ring is 2. The van der Waals surface area contributed by atoms with Crippen LogP contribution in [0.3, 0.4) is 0 Å². The Kier molecular flexibility index (Phi) is 7.29. The number of fused-ring (bicyclic) bond motifs is 2. The molecule has 2 fully saturated rings. The molecule has 5 heterocycles. The summed E-state index contributed by atoms with van der Waals surface area (Å²) in [6, 6.07) is 5.77. The van der Waals surface area contributed by atoms with Crippen molar-refractivity contribution >= 4 is 45.8 Å². The van der Waals surface area contributed by atoms with Crippen molar-refractivity contribution in [2.24, 2.45) is 5.41 Å². The first kappa shape index (κ1) is 29.6. The van der Waals surface area contributed by atoms with E-state index in [0.717, 1.165) is 21.8 Å². The van der Waals surface area contributed by atoms with Crippen LogP contribution in [0.15, 0.2) is 18.3 Å². The van der Waals surface area contributed by atoms with E-state index in [1.165, 1.54) is 11.3 Å². The molecule has 15 heteroatoms. The van der Waals surface area contributed by atoms with Gasteiger partial charge in [-0.25, -0.2) is 13.8 Å². The minimum atomic E-state index is -2.82. The summed E-state index contributed by atoms with van der Waals surface area (Å²) in [6.45, 7) is 5.59. The van der Waals surface area contributed by atoms with E-state index in [1.54, 1.807) is 37.0 Å². The summed E-state index contributed by atoms with van der Waals surface area (Å²) in [5.41, 5.74) is 13.4. The lowest BCUT2D eigenvalue weighted by Crippen LogP contribution is -2.57. The molecule has 3 aliphatic rings. The van der Waals surface area contributed by atoms with E-state index in [-0.39, 0.29) is 36.4 Å². The van der Waals surface area contributed by atoms with Crippen molar-refractivity contribution in [3.8, 4) is 12.1 Å².